The van der Waals surface area contributed by atoms with E-state index in [0.29, 0.717) is 30.3 Å². The van der Waals surface area contributed by atoms with Crippen molar-refractivity contribution in [3.63, 3.8) is 0 Å². The van der Waals surface area contributed by atoms with Crippen LogP contribution in [0.1, 0.15) is 12.0 Å². The minimum absolute atomic E-state index is 0.0156. The van der Waals surface area contributed by atoms with E-state index in [-0.39, 0.29) is 46.6 Å². The standard InChI is InChI=1S/C23H21ClF3N7O4/c24-16-7-17-21(31-20(16)13-2-1-3-14(6-13)23(25,26)27)34(15-4-5-32(17)10-15)22(36)30-18-8-28-9-19(29-18)38-12-33(37)11-35/h1-3,6-9,15,35,37H,4-5,10-12H2,(H,29,30,36)/t15-/m0/s1. The van der Waals surface area contributed by atoms with Crippen LogP contribution in [0.4, 0.5) is 35.3 Å². The number of fused-ring (bicyclic) bond motifs is 4. The monoisotopic (exact) mass is 551 g/mol. The first-order valence-electron chi connectivity index (χ1n) is 11.4. The maximum atomic E-state index is 13.4. The van der Waals surface area contributed by atoms with E-state index in [4.69, 9.17) is 21.4 Å². The van der Waals surface area contributed by atoms with Crippen molar-refractivity contribution in [2.45, 2.75) is 18.6 Å². The van der Waals surface area contributed by atoms with Gasteiger partial charge in [-0.3, -0.25) is 15.2 Å². The summed E-state index contributed by atoms with van der Waals surface area (Å²) >= 11 is 6.48. The highest BCUT2D eigenvalue weighted by molar-refractivity contribution is 6.33. The summed E-state index contributed by atoms with van der Waals surface area (Å²) in [5.74, 6) is 0.292. The van der Waals surface area contributed by atoms with Gasteiger partial charge in [0.1, 0.15) is 6.73 Å². The summed E-state index contributed by atoms with van der Waals surface area (Å²) in [6.07, 6.45) is -1.34. The molecule has 0 unspecified atom stereocenters. The number of carbonyl (C=O) groups is 1. The molecule has 1 fully saturated rings. The molecule has 3 aromatic rings. The summed E-state index contributed by atoms with van der Waals surface area (Å²) in [5, 5.41) is 21.4. The second-order valence-corrected chi connectivity index (χ2v) is 9.00. The fraction of sp³-hybridized carbons (Fsp3) is 0.304. The summed E-state index contributed by atoms with van der Waals surface area (Å²) in [6.45, 7) is 0.136. The van der Waals surface area contributed by atoms with E-state index in [9.17, 15) is 23.2 Å². The topological polar surface area (TPSA) is 127 Å². The number of nitrogens with one attached hydrogen (secondary N) is 1. The summed E-state index contributed by atoms with van der Waals surface area (Å²) in [5.41, 5.74) is 0.0275. The maximum Gasteiger partial charge on any atom is 0.416 e. The number of hydroxylamine groups is 2. The van der Waals surface area contributed by atoms with Crippen molar-refractivity contribution in [1.82, 2.24) is 20.0 Å². The molecule has 0 saturated carbocycles. The summed E-state index contributed by atoms with van der Waals surface area (Å²) in [6, 6.07) is 5.47. The Bertz CT molecular complexity index is 1360. The summed E-state index contributed by atoms with van der Waals surface area (Å²) < 4.78 is 45.1. The molecule has 200 valence electrons. The molecule has 2 aromatic heterocycles. The third kappa shape index (κ3) is 5.15. The Hall–Kier alpha value is -3.72. The number of pyridine rings is 1. The lowest BCUT2D eigenvalue weighted by Gasteiger charge is -2.36. The van der Waals surface area contributed by atoms with Gasteiger partial charge in [-0.05, 0) is 24.6 Å². The second-order valence-electron chi connectivity index (χ2n) is 8.59. The Labute approximate surface area is 219 Å². The predicted molar refractivity (Wildman–Crippen MR) is 130 cm³/mol. The average molecular weight is 552 g/mol. The Balaban J connectivity index is 1.46. The number of aliphatic hydroxyl groups is 1. The van der Waals surface area contributed by atoms with E-state index in [1.807, 2.05) is 4.90 Å². The number of ether oxygens (including phenoxy) is 1. The molecule has 0 spiro atoms. The number of halogens is 4. The molecule has 0 aliphatic carbocycles. The van der Waals surface area contributed by atoms with Crippen LogP contribution in [-0.2, 0) is 6.18 Å². The first kappa shape index (κ1) is 25.9. The van der Waals surface area contributed by atoms with Gasteiger partial charge in [0, 0.05) is 18.7 Å². The molecule has 4 heterocycles. The molecule has 3 N–H and O–H groups in total. The van der Waals surface area contributed by atoms with E-state index in [2.05, 4.69) is 20.3 Å². The van der Waals surface area contributed by atoms with Crippen molar-refractivity contribution in [3.05, 3.63) is 53.3 Å². The van der Waals surface area contributed by atoms with E-state index in [0.717, 1.165) is 12.1 Å². The number of hydrogen-bond acceptors (Lipinski definition) is 9. The molecular weight excluding hydrogens is 531 g/mol. The zero-order valence-electron chi connectivity index (χ0n) is 19.6. The van der Waals surface area contributed by atoms with Crippen molar-refractivity contribution < 1.29 is 33.0 Å². The fourth-order valence-electron chi connectivity index (χ4n) is 4.36. The number of hydrogen-bond donors (Lipinski definition) is 3. The Kier molecular flexibility index (Phi) is 6.96. The third-order valence-corrected chi connectivity index (χ3v) is 6.38. The Morgan fingerprint density at radius 3 is 2.84 bits per heavy atom. The lowest BCUT2D eigenvalue weighted by atomic mass is 10.1. The van der Waals surface area contributed by atoms with Crippen LogP contribution in [0, 0.1) is 0 Å². The summed E-state index contributed by atoms with van der Waals surface area (Å²) in [7, 11) is 0. The SMILES string of the molecule is O=C(Nc1cncc(OCN(O)CO)n1)N1c2nc(-c3cccc(C(F)(F)F)c3)c(Cl)cc2N2CC[C@H]1C2. The quantitative estimate of drug-likeness (QED) is 0.309. The van der Waals surface area contributed by atoms with Crippen LogP contribution in [0.5, 0.6) is 5.88 Å². The number of carbonyl (C=O) groups excluding carboxylic acids is 1. The molecule has 2 bridgehead atoms. The number of alkyl halides is 3. The van der Waals surface area contributed by atoms with Crippen LogP contribution in [0.25, 0.3) is 11.3 Å². The molecule has 11 nitrogen and oxygen atoms in total. The first-order valence-corrected chi connectivity index (χ1v) is 11.7. The minimum Gasteiger partial charge on any atom is -0.458 e. The molecule has 2 aliphatic heterocycles. The first-order chi connectivity index (χ1) is 18.1. The van der Waals surface area contributed by atoms with Gasteiger partial charge in [-0.15, -0.1) is 5.06 Å². The smallest absolute Gasteiger partial charge is 0.416 e. The average Bonchev–Trinajstić information content (AvgIpc) is 3.31. The highest BCUT2D eigenvalue weighted by atomic mass is 35.5. The molecule has 2 amide bonds. The lowest BCUT2D eigenvalue weighted by molar-refractivity contribution is -0.177. The number of anilines is 3. The highest BCUT2D eigenvalue weighted by Gasteiger charge is 2.41. The normalized spacial score (nSPS) is 16.6. The number of urea groups is 1. The number of rotatable bonds is 6. The molecule has 15 heteroatoms. The Morgan fingerprint density at radius 1 is 1.26 bits per heavy atom. The minimum atomic E-state index is -4.54. The zero-order chi connectivity index (χ0) is 27.0. The van der Waals surface area contributed by atoms with Crippen LogP contribution in [0.3, 0.4) is 0 Å². The van der Waals surface area contributed by atoms with Gasteiger partial charge in [-0.1, -0.05) is 23.7 Å². The molecule has 1 atom stereocenters. The zero-order valence-corrected chi connectivity index (χ0v) is 20.3. The van der Waals surface area contributed by atoms with Crippen molar-refractivity contribution in [2.75, 3.05) is 41.7 Å². The molecule has 38 heavy (non-hydrogen) atoms. The van der Waals surface area contributed by atoms with Crippen molar-refractivity contribution in [1.29, 1.82) is 0 Å². The van der Waals surface area contributed by atoms with Gasteiger partial charge < -0.3 is 20.0 Å². The van der Waals surface area contributed by atoms with Crippen molar-refractivity contribution in [3.8, 4) is 17.1 Å². The van der Waals surface area contributed by atoms with Crippen LogP contribution < -0.4 is 19.9 Å². The molecule has 5 rings (SSSR count). The number of amides is 2. The van der Waals surface area contributed by atoms with E-state index < -0.39 is 24.5 Å². The van der Waals surface area contributed by atoms with E-state index in [1.54, 1.807) is 6.07 Å². The predicted octanol–water partition coefficient (Wildman–Crippen LogP) is 3.82. The number of benzene rings is 1. The van der Waals surface area contributed by atoms with Gasteiger partial charge in [0.05, 0.1) is 40.4 Å². The number of aromatic nitrogens is 3. The van der Waals surface area contributed by atoms with Gasteiger partial charge in [-0.25, -0.2) is 9.78 Å². The Morgan fingerprint density at radius 2 is 2.08 bits per heavy atom. The molecule has 2 aliphatic rings. The fourth-order valence-corrected chi connectivity index (χ4v) is 4.61. The van der Waals surface area contributed by atoms with Crippen LogP contribution in [0.15, 0.2) is 42.7 Å². The van der Waals surface area contributed by atoms with Crippen molar-refractivity contribution in [2.24, 2.45) is 0 Å². The lowest BCUT2D eigenvalue weighted by Crippen LogP contribution is -2.48. The van der Waals surface area contributed by atoms with Crippen LogP contribution in [-0.4, -0.2) is 69.0 Å². The van der Waals surface area contributed by atoms with Gasteiger partial charge >= 0.3 is 12.2 Å². The third-order valence-electron chi connectivity index (χ3n) is 6.09. The number of nitrogens with zero attached hydrogens (tertiary/aromatic N) is 6. The van der Waals surface area contributed by atoms with Crippen molar-refractivity contribution >= 4 is 35.0 Å². The second kappa shape index (κ2) is 10.2. The van der Waals surface area contributed by atoms with E-state index >= 15 is 0 Å². The van der Waals surface area contributed by atoms with Gasteiger partial charge in [0.2, 0.25) is 5.88 Å². The molecule has 0 radical (unpaired) electrons. The van der Waals surface area contributed by atoms with Gasteiger partial charge in [-0.2, -0.15) is 18.2 Å². The van der Waals surface area contributed by atoms with Gasteiger partial charge in [0.25, 0.3) is 0 Å². The molecular formula is C23H21ClF3N7O4. The van der Waals surface area contributed by atoms with E-state index in [1.165, 1.54) is 29.4 Å². The highest BCUT2D eigenvalue weighted by Crippen LogP contribution is 2.43. The van der Waals surface area contributed by atoms with Gasteiger partial charge in [0.15, 0.2) is 18.4 Å². The molecule has 1 aromatic carbocycles. The summed E-state index contributed by atoms with van der Waals surface area (Å²) in [4.78, 5) is 29.6. The maximum absolute atomic E-state index is 13.4. The van der Waals surface area contributed by atoms with Crippen LogP contribution >= 0.6 is 11.6 Å². The van der Waals surface area contributed by atoms with Crippen LogP contribution in [0.2, 0.25) is 5.02 Å². The number of aliphatic hydroxyl groups excluding tert-OH is 1. The molecule has 1 saturated heterocycles. The largest absolute Gasteiger partial charge is 0.458 e.